The third-order valence-corrected chi connectivity index (χ3v) is 3.56. The Labute approximate surface area is 134 Å². The van der Waals surface area contributed by atoms with E-state index < -0.39 is 0 Å². The van der Waals surface area contributed by atoms with E-state index in [9.17, 15) is 4.79 Å². The second kappa shape index (κ2) is 6.44. The molecule has 116 valence electrons. The molecule has 0 unspecified atom stereocenters. The molecule has 1 heterocycles. The first kappa shape index (κ1) is 15.0. The minimum absolute atomic E-state index is 0.0354. The van der Waals surface area contributed by atoms with E-state index in [1.54, 1.807) is 19.1 Å². The van der Waals surface area contributed by atoms with E-state index in [-0.39, 0.29) is 5.78 Å². The Morgan fingerprint density at radius 2 is 1.96 bits per heavy atom. The first-order valence-electron chi connectivity index (χ1n) is 7.37. The average molecular weight is 307 g/mol. The minimum Gasteiger partial charge on any atom is -0.419 e. The Morgan fingerprint density at radius 3 is 2.74 bits per heavy atom. The highest BCUT2D eigenvalue weighted by Crippen LogP contribution is 2.22. The van der Waals surface area contributed by atoms with Gasteiger partial charge in [-0.15, -0.1) is 10.2 Å². The normalized spacial score (nSPS) is 10.5. The van der Waals surface area contributed by atoms with Gasteiger partial charge >= 0.3 is 0 Å². The largest absolute Gasteiger partial charge is 0.419 e. The van der Waals surface area contributed by atoms with Gasteiger partial charge in [-0.3, -0.25) is 4.79 Å². The van der Waals surface area contributed by atoms with Gasteiger partial charge in [0.05, 0.1) is 6.54 Å². The van der Waals surface area contributed by atoms with Gasteiger partial charge in [0.25, 0.3) is 0 Å². The van der Waals surface area contributed by atoms with Gasteiger partial charge in [0, 0.05) is 16.8 Å². The van der Waals surface area contributed by atoms with E-state index in [1.807, 2.05) is 43.3 Å². The van der Waals surface area contributed by atoms with Crippen LogP contribution in [0.4, 0.5) is 5.69 Å². The standard InChI is InChI=1S/C18H17N3O2/c1-12-6-3-4-9-16(12)18-21-20-17(23-18)11-19-15-8-5-7-14(10-15)13(2)22/h3-10,19H,11H2,1-2H3. The molecule has 0 aliphatic carbocycles. The van der Waals surface area contributed by atoms with Crippen molar-refractivity contribution in [3.63, 3.8) is 0 Å². The molecule has 0 saturated carbocycles. The van der Waals surface area contributed by atoms with Crippen LogP contribution >= 0.6 is 0 Å². The van der Waals surface area contributed by atoms with E-state index in [0.717, 1.165) is 16.8 Å². The van der Waals surface area contributed by atoms with Crippen LogP contribution in [0.1, 0.15) is 28.7 Å². The number of hydrogen-bond acceptors (Lipinski definition) is 5. The van der Waals surface area contributed by atoms with Crippen LogP contribution in [-0.4, -0.2) is 16.0 Å². The Balaban J connectivity index is 1.72. The molecule has 0 spiro atoms. The van der Waals surface area contributed by atoms with Crippen LogP contribution < -0.4 is 5.32 Å². The van der Waals surface area contributed by atoms with Crippen LogP contribution in [-0.2, 0) is 6.54 Å². The molecule has 3 rings (SSSR count). The summed E-state index contributed by atoms with van der Waals surface area (Å²) in [5.74, 6) is 1.04. The van der Waals surface area contributed by atoms with Gasteiger partial charge in [0.1, 0.15) is 0 Å². The van der Waals surface area contributed by atoms with Crippen LogP contribution in [0.5, 0.6) is 0 Å². The number of benzene rings is 2. The molecule has 0 atom stereocenters. The highest BCUT2D eigenvalue weighted by Gasteiger charge is 2.10. The SMILES string of the molecule is CC(=O)c1cccc(NCc2nnc(-c3ccccc3C)o2)c1. The molecule has 3 aromatic rings. The van der Waals surface area contributed by atoms with Crippen LogP contribution in [0.15, 0.2) is 52.9 Å². The lowest BCUT2D eigenvalue weighted by Gasteiger charge is -2.04. The predicted octanol–water partition coefficient (Wildman–Crippen LogP) is 3.86. The summed E-state index contributed by atoms with van der Waals surface area (Å²) in [6.07, 6.45) is 0. The van der Waals surface area contributed by atoms with Crippen molar-refractivity contribution < 1.29 is 9.21 Å². The number of carbonyl (C=O) groups is 1. The summed E-state index contributed by atoms with van der Waals surface area (Å²) in [4.78, 5) is 11.4. The lowest BCUT2D eigenvalue weighted by atomic mass is 10.1. The fourth-order valence-corrected chi connectivity index (χ4v) is 2.27. The Morgan fingerprint density at radius 1 is 1.13 bits per heavy atom. The smallest absolute Gasteiger partial charge is 0.248 e. The Hall–Kier alpha value is -2.95. The van der Waals surface area contributed by atoms with Crippen molar-refractivity contribution in [1.29, 1.82) is 0 Å². The van der Waals surface area contributed by atoms with Crippen molar-refractivity contribution in [3.05, 3.63) is 65.5 Å². The molecule has 0 amide bonds. The van der Waals surface area contributed by atoms with Crippen LogP contribution in [0.2, 0.25) is 0 Å². The first-order valence-corrected chi connectivity index (χ1v) is 7.37. The van der Waals surface area contributed by atoms with Gasteiger partial charge < -0.3 is 9.73 Å². The molecule has 0 aliphatic rings. The molecule has 0 bridgehead atoms. The van der Waals surface area contributed by atoms with E-state index in [0.29, 0.717) is 23.9 Å². The highest BCUT2D eigenvalue weighted by molar-refractivity contribution is 5.94. The Kier molecular flexibility index (Phi) is 4.19. The first-order chi connectivity index (χ1) is 11.1. The molecular formula is C18H17N3O2. The van der Waals surface area contributed by atoms with E-state index in [4.69, 9.17) is 4.42 Å². The zero-order chi connectivity index (χ0) is 16.2. The number of nitrogens with one attached hydrogen (secondary N) is 1. The molecule has 23 heavy (non-hydrogen) atoms. The number of aromatic nitrogens is 2. The summed E-state index contributed by atoms with van der Waals surface area (Å²) in [5, 5.41) is 11.3. The zero-order valence-corrected chi connectivity index (χ0v) is 13.0. The molecule has 1 aromatic heterocycles. The topological polar surface area (TPSA) is 68.0 Å². The summed E-state index contributed by atoms with van der Waals surface area (Å²) < 4.78 is 5.70. The number of anilines is 1. The van der Waals surface area contributed by atoms with Crippen molar-refractivity contribution in [2.75, 3.05) is 5.32 Å². The van der Waals surface area contributed by atoms with Gasteiger partial charge in [-0.05, 0) is 37.6 Å². The van der Waals surface area contributed by atoms with Crippen LogP contribution in [0.25, 0.3) is 11.5 Å². The quantitative estimate of drug-likeness (QED) is 0.725. The van der Waals surface area contributed by atoms with E-state index >= 15 is 0 Å². The number of carbonyl (C=O) groups excluding carboxylic acids is 1. The summed E-state index contributed by atoms with van der Waals surface area (Å²) in [6.45, 7) is 3.95. The number of aryl methyl sites for hydroxylation is 1. The summed E-state index contributed by atoms with van der Waals surface area (Å²) >= 11 is 0. The monoisotopic (exact) mass is 307 g/mol. The fraction of sp³-hybridized carbons (Fsp3) is 0.167. The van der Waals surface area contributed by atoms with Gasteiger partial charge in [0.2, 0.25) is 11.8 Å². The van der Waals surface area contributed by atoms with Crippen molar-refractivity contribution in [1.82, 2.24) is 10.2 Å². The van der Waals surface area contributed by atoms with Crippen molar-refractivity contribution in [2.45, 2.75) is 20.4 Å². The van der Waals surface area contributed by atoms with Gasteiger partial charge in [0.15, 0.2) is 5.78 Å². The van der Waals surface area contributed by atoms with Crippen LogP contribution in [0.3, 0.4) is 0 Å². The van der Waals surface area contributed by atoms with Crippen molar-refractivity contribution in [2.24, 2.45) is 0 Å². The molecule has 0 radical (unpaired) electrons. The molecule has 1 N–H and O–H groups in total. The summed E-state index contributed by atoms with van der Waals surface area (Å²) in [5.41, 5.74) is 3.53. The second-order valence-corrected chi connectivity index (χ2v) is 5.31. The molecule has 0 fully saturated rings. The minimum atomic E-state index is 0.0354. The summed E-state index contributed by atoms with van der Waals surface area (Å²) in [6, 6.07) is 15.2. The van der Waals surface area contributed by atoms with Gasteiger partial charge in [-0.25, -0.2) is 0 Å². The lowest BCUT2D eigenvalue weighted by molar-refractivity contribution is 0.101. The Bertz CT molecular complexity index is 840. The summed E-state index contributed by atoms with van der Waals surface area (Å²) in [7, 11) is 0. The molecule has 0 aliphatic heterocycles. The highest BCUT2D eigenvalue weighted by atomic mass is 16.4. The molecule has 5 nitrogen and oxygen atoms in total. The number of ketones is 1. The predicted molar refractivity (Wildman–Crippen MR) is 88.2 cm³/mol. The molecule has 0 saturated heterocycles. The molecule has 2 aromatic carbocycles. The average Bonchev–Trinajstić information content (AvgIpc) is 3.02. The maximum atomic E-state index is 11.4. The maximum absolute atomic E-state index is 11.4. The number of rotatable bonds is 5. The van der Waals surface area contributed by atoms with Crippen molar-refractivity contribution >= 4 is 11.5 Å². The number of nitrogens with zero attached hydrogens (tertiary/aromatic N) is 2. The number of Topliss-reactive ketones (excluding diaryl/α,β-unsaturated/α-hetero) is 1. The third kappa shape index (κ3) is 3.45. The zero-order valence-electron chi connectivity index (χ0n) is 13.0. The fourth-order valence-electron chi connectivity index (χ4n) is 2.27. The van der Waals surface area contributed by atoms with Crippen molar-refractivity contribution in [3.8, 4) is 11.5 Å². The van der Waals surface area contributed by atoms with E-state index in [2.05, 4.69) is 15.5 Å². The second-order valence-electron chi connectivity index (χ2n) is 5.31. The maximum Gasteiger partial charge on any atom is 0.248 e. The van der Waals surface area contributed by atoms with E-state index in [1.165, 1.54) is 0 Å². The molecule has 5 heteroatoms. The van der Waals surface area contributed by atoms with Gasteiger partial charge in [-0.2, -0.15) is 0 Å². The third-order valence-electron chi connectivity index (χ3n) is 3.56. The lowest BCUT2D eigenvalue weighted by Crippen LogP contribution is -2.01. The number of hydrogen-bond donors (Lipinski definition) is 1. The van der Waals surface area contributed by atoms with Gasteiger partial charge in [-0.1, -0.05) is 30.3 Å². The van der Waals surface area contributed by atoms with Crippen LogP contribution in [0, 0.1) is 6.92 Å². The molecular weight excluding hydrogens is 290 g/mol.